The van der Waals surface area contributed by atoms with Crippen molar-refractivity contribution in [3.05, 3.63) is 34.2 Å². The number of piperidine rings is 1. The van der Waals surface area contributed by atoms with Crippen molar-refractivity contribution in [1.29, 1.82) is 0 Å². The quantitative estimate of drug-likeness (QED) is 0.850. The van der Waals surface area contributed by atoms with Crippen LogP contribution in [0.4, 0.5) is 0 Å². The number of aromatic nitrogens is 1. The van der Waals surface area contributed by atoms with Crippen LogP contribution in [0, 0.1) is 5.92 Å². The molecule has 3 rings (SSSR count). The van der Waals surface area contributed by atoms with Crippen molar-refractivity contribution >= 4 is 11.8 Å². The number of pyridine rings is 1. The maximum absolute atomic E-state index is 12.3. The Kier molecular flexibility index (Phi) is 3.77. The van der Waals surface area contributed by atoms with Gasteiger partial charge in [-0.15, -0.1) is 0 Å². The molecule has 0 unspecified atom stereocenters. The molecule has 0 aromatic carbocycles. The van der Waals surface area contributed by atoms with Crippen molar-refractivity contribution in [3.63, 3.8) is 0 Å². The van der Waals surface area contributed by atoms with Gasteiger partial charge in [0, 0.05) is 31.1 Å². The van der Waals surface area contributed by atoms with Crippen molar-refractivity contribution in [2.75, 3.05) is 13.1 Å². The minimum Gasteiger partial charge on any atom is -0.353 e. The van der Waals surface area contributed by atoms with Crippen LogP contribution in [-0.4, -0.2) is 40.8 Å². The Morgan fingerprint density at radius 3 is 2.48 bits per heavy atom. The van der Waals surface area contributed by atoms with Crippen LogP contribution in [0.3, 0.4) is 0 Å². The normalized spacial score (nSPS) is 19.3. The molecule has 1 aliphatic carbocycles. The van der Waals surface area contributed by atoms with Crippen LogP contribution in [0.25, 0.3) is 0 Å². The van der Waals surface area contributed by atoms with Gasteiger partial charge in [0.2, 0.25) is 11.5 Å². The van der Waals surface area contributed by atoms with Gasteiger partial charge in [0.1, 0.15) is 5.69 Å². The van der Waals surface area contributed by atoms with Crippen LogP contribution in [-0.2, 0) is 4.79 Å². The average molecular weight is 289 g/mol. The van der Waals surface area contributed by atoms with Crippen molar-refractivity contribution in [3.8, 4) is 0 Å². The van der Waals surface area contributed by atoms with Crippen molar-refractivity contribution in [1.82, 2.24) is 15.2 Å². The molecule has 6 nitrogen and oxygen atoms in total. The van der Waals surface area contributed by atoms with Crippen molar-refractivity contribution < 1.29 is 9.59 Å². The topological polar surface area (TPSA) is 82.3 Å². The molecule has 1 aromatic heterocycles. The third-order valence-corrected chi connectivity index (χ3v) is 4.08. The molecule has 0 bridgehead atoms. The molecular formula is C15H19N3O3. The van der Waals surface area contributed by atoms with E-state index in [1.165, 1.54) is 6.07 Å². The van der Waals surface area contributed by atoms with Crippen molar-refractivity contribution in [2.24, 2.45) is 5.92 Å². The summed E-state index contributed by atoms with van der Waals surface area (Å²) >= 11 is 0. The van der Waals surface area contributed by atoms with Gasteiger partial charge in [-0.05, 0) is 31.7 Å². The summed E-state index contributed by atoms with van der Waals surface area (Å²) in [5.41, 5.74) is 0.0513. The van der Waals surface area contributed by atoms with Gasteiger partial charge in [-0.3, -0.25) is 14.4 Å². The maximum atomic E-state index is 12.3. The zero-order valence-corrected chi connectivity index (χ0v) is 11.8. The first kappa shape index (κ1) is 13.9. The number of nitrogens with one attached hydrogen (secondary N) is 2. The summed E-state index contributed by atoms with van der Waals surface area (Å²) in [5.74, 6) is 0.228. The second kappa shape index (κ2) is 5.71. The highest BCUT2D eigenvalue weighted by atomic mass is 16.2. The zero-order chi connectivity index (χ0) is 14.8. The molecule has 2 amide bonds. The van der Waals surface area contributed by atoms with E-state index in [-0.39, 0.29) is 29.3 Å². The molecule has 2 aliphatic rings. The van der Waals surface area contributed by atoms with E-state index in [1.807, 2.05) is 0 Å². The van der Waals surface area contributed by atoms with Crippen LogP contribution >= 0.6 is 0 Å². The van der Waals surface area contributed by atoms with Crippen LogP contribution in [0.15, 0.2) is 23.0 Å². The highest BCUT2D eigenvalue weighted by Crippen LogP contribution is 2.29. The highest BCUT2D eigenvalue weighted by Gasteiger charge is 2.32. The summed E-state index contributed by atoms with van der Waals surface area (Å²) in [6, 6.07) is 4.74. The van der Waals surface area contributed by atoms with E-state index >= 15 is 0 Å². The summed E-state index contributed by atoms with van der Waals surface area (Å²) in [5, 5.41) is 3.05. The Labute approximate surface area is 122 Å². The number of hydrogen-bond donors (Lipinski definition) is 2. The molecule has 112 valence electrons. The molecule has 6 heteroatoms. The molecular weight excluding hydrogens is 270 g/mol. The Morgan fingerprint density at radius 2 is 1.86 bits per heavy atom. The van der Waals surface area contributed by atoms with Crippen LogP contribution in [0.5, 0.6) is 0 Å². The number of carbonyl (C=O) groups is 2. The molecule has 1 aliphatic heterocycles. The summed E-state index contributed by atoms with van der Waals surface area (Å²) in [6.07, 6.45) is 3.54. The fourth-order valence-corrected chi connectivity index (χ4v) is 2.63. The van der Waals surface area contributed by atoms with Gasteiger partial charge in [0.25, 0.3) is 5.91 Å². The molecule has 2 N–H and O–H groups in total. The van der Waals surface area contributed by atoms with E-state index in [2.05, 4.69) is 10.3 Å². The molecule has 21 heavy (non-hydrogen) atoms. The number of nitrogens with zero attached hydrogens (tertiary/aromatic N) is 1. The molecule has 2 fully saturated rings. The first-order chi connectivity index (χ1) is 10.1. The lowest BCUT2D eigenvalue weighted by Gasteiger charge is -2.32. The van der Waals surface area contributed by atoms with Crippen LogP contribution in [0.1, 0.15) is 36.2 Å². The van der Waals surface area contributed by atoms with Gasteiger partial charge in [0.15, 0.2) is 0 Å². The largest absolute Gasteiger partial charge is 0.353 e. The molecule has 1 saturated heterocycles. The maximum Gasteiger partial charge on any atom is 0.270 e. The Balaban J connectivity index is 1.54. The van der Waals surface area contributed by atoms with E-state index in [4.69, 9.17) is 0 Å². The number of carbonyl (C=O) groups excluding carboxylic acids is 2. The third kappa shape index (κ3) is 3.32. The van der Waals surface area contributed by atoms with Gasteiger partial charge in [0.05, 0.1) is 0 Å². The van der Waals surface area contributed by atoms with E-state index in [0.29, 0.717) is 18.8 Å². The molecule has 0 radical (unpaired) electrons. The molecule has 0 spiro atoms. The molecule has 1 saturated carbocycles. The summed E-state index contributed by atoms with van der Waals surface area (Å²) in [7, 11) is 0. The molecule has 0 atom stereocenters. The van der Waals surface area contributed by atoms with Crippen LogP contribution < -0.4 is 10.9 Å². The lowest BCUT2D eigenvalue weighted by atomic mass is 10.0. The standard InChI is InChI=1S/C15H19N3O3/c19-13-3-1-2-12(17-13)15(21)18-8-6-11(7-9-18)16-14(20)10-4-5-10/h1-3,10-11H,4-9H2,(H,16,20)(H,17,19). The summed E-state index contributed by atoms with van der Waals surface area (Å²) in [6.45, 7) is 1.21. The highest BCUT2D eigenvalue weighted by molar-refractivity contribution is 5.92. The predicted octanol–water partition coefficient (Wildman–Crippen LogP) is 0.506. The number of rotatable bonds is 3. The van der Waals surface area contributed by atoms with Gasteiger partial charge in [-0.25, -0.2) is 0 Å². The van der Waals surface area contributed by atoms with E-state index in [0.717, 1.165) is 25.7 Å². The van der Waals surface area contributed by atoms with Crippen LogP contribution in [0.2, 0.25) is 0 Å². The Morgan fingerprint density at radius 1 is 1.14 bits per heavy atom. The smallest absolute Gasteiger partial charge is 0.270 e. The minimum absolute atomic E-state index is 0.153. The number of hydrogen-bond acceptors (Lipinski definition) is 3. The van der Waals surface area contributed by atoms with E-state index < -0.39 is 0 Å². The Hall–Kier alpha value is -2.11. The second-order valence-corrected chi connectivity index (χ2v) is 5.78. The first-order valence-electron chi connectivity index (χ1n) is 7.42. The summed E-state index contributed by atoms with van der Waals surface area (Å²) in [4.78, 5) is 39.5. The van der Waals surface area contributed by atoms with Crippen molar-refractivity contribution in [2.45, 2.75) is 31.7 Å². The number of likely N-dealkylation sites (tertiary alicyclic amines) is 1. The molecule has 2 heterocycles. The second-order valence-electron chi connectivity index (χ2n) is 5.78. The molecule has 1 aromatic rings. The van der Waals surface area contributed by atoms with Gasteiger partial charge < -0.3 is 15.2 Å². The van der Waals surface area contributed by atoms with Gasteiger partial charge >= 0.3 is 0 Å². The summed E-state index contributed by atoms with van der Waals surface area (Å²) < 4.78 is 0. The SMILES string of the molecule is O=C(NC1CCN(C(=O)c2cccc(=O)[nH]2)CC1)C1CC1. The first-order valence-corrected chi connectivity index (χ1v) is 7.42. The number of H-pyrrole nitrogens is 1. The average Bonchev–Trinajstić information content (AvgIpc) is 3.32. The third-order valence-electron chi connectivity index (χ3n) is 4.08. The lowest BCUT2D eigenvalue weighted by Crippen LogP contribution is -2.47. The van der Waals surface area contributed by atoms with Gasteiger partial charge in [-0.1, -0.05) is 6.07 Å². The van der Waals surface area contributed by atoms with E-state index in [9.17, 15) is 14.4 Å². The lowest BCUT2D eigenvalue weighted by molar-refractivity contribution is -0.123. The zero-order valence-electron chi connectivity index (χ0n) is 11.8. The number of amides is 2. The fraction of sp³-hybridized carbons (Fsp3) is 0.533. The predicted molar refractivity (Wildman–Crippen MR) is 76.9 cm³/mol. The minimum atomic E-state index is -0.271. The fourth-order valence-electron chi connectivity index (χ4n) is 2.63. The monoisotopic (exact) mass is 289 g/mol. The van der Waals surface area contributed by atoms with E-state index in [1.54, 1.807) is 17.0 Å². The Bertz CT molecular complexity index is 598. The van der Waals surface area contributed by atoms with Gasteiger partial charge in [-0.2, -0.15) is 0 Å². The number of aromatic amines is 1.